The number of aromatic nitrogens is 2. The predicted molar refractivity (Wildman–Crippen MR) is 104 cm³/mol. The summed E-state index contributed by atoms with van der Waals surface area (Å²) in [5.74, 6) is 0. The Balaban J connectivity index is 1.88. The molecule has 2 heterocycles. The first-order valence-corrected chi connectivity index (χ1v) is 9.23. The summed E-state index contributed by atoms with van der Waals surface area (Å²) < 4.78 is 6.88. The maximum absolute atomic E-state index is 12.9. The second-order valence-corrected chi connectivity index (χ2v) is 7.76. The SMILES string of the molecule is CC(C)(C)OC(=O)NCCn1c(=O)c(-c2cccs2)nc2ccccc21. The highest BCUT2D eigenvalue weighted by molar-refractivity contribution is 7.13. The van der Waals surface area contributed by atoms with Gasteiger partial charge in [-0.15, -0.1) is 11.3 Å². The third-order valence-electron chi connectivity index (χ3n) is 3.61. The molecule has 3 rings (SSSR count). The molecule has 2 aromatic heterocycles. The molecular formula is C19H21N3O3S. The van der Waals surface area contributed by atoms with Gasteiger partial charge in [-0.05, 0) is 44.4 Å². The van der Waals surface area contributed by atoms with Crippen LogP contribution in [0.1, 0.15) is 20.8 Å². The van der Waals surface area contributed by atoms with Crippen LogP contribution in [-0.2, 0) is 11.3 Å². The van der Waals surface area contributed by atoms with Crippen LogP contribution < -0.4 is 10.9 Å². The van der Waals surface area contributed by atoms with Crippen molar-refractivity contribution in [3.63, 3.8) is 0 Å². The lowest BCUT2D eigenvalue weighted by Crippen LogP contribution is -2.36. The standard InChI is InChI=1S/C19H21N3O3S/c1-19(2,3)25-18(24)20-10-11-22-14-8-5-4-7-13(14)21-16(17(22)23)15-9-6-12-26-15/h4-9,12H,10-11H2,1-3H3,(H,20,24). The van der Waals surface area contributed by atoms with Gasteiger partial charge in [-0.1, -0.05) is 18.2 Å². The van der Waals surface area contributed by atoms with Crippen LogP contribution in [0.2, 0.25) is 0 Å². The van der Waals surface area contributed by atoms with Crippen molar-refractivity contribution in [2.24, 2.45) is 0 Å². The van der Waals surface area contributed by atoms with E-state index in [1.807, 2.05) is 41.8 Å². The molecule has 0 bridgehead atoms. The normalized spacial score (nSPS) is 11.5. The number of benzene rings is 1. The molecule has 0 aliphatic heterocycles. The minimum atomic E-state index is -0.559. The van der Waals surface area contributed by atoms with Crippen LogP contribution in [0.5, 0.6) is 0 Å². The van der Waals surface area contributed by atoms with Gasteiger partial charge in [0.05, 0.1) is 15.9 Å². The number of hydrogen-bond donors (Lipinski definition) is 1. The molecule has 26 heavy (non-hydrogen) atoms. The van der Waals surface area contributed by atoms with Crippen molar-refractivity contribution in [1.29, 1.82) is 0 Å². The molecule has 0 saturated heterocycles. The molecule has 1 aromatic carbocycles. The van der Waals surface area contributed by atoms with E-state index in [2.05, 4.69) is 10.3 Å². The van der Waals surface area contributed by atoms with Gasteiger partial charge in [0.25, 0.3) is 5.56 Å². The molecule has 0 unspecified atom stereocenters. The number of carbonyl (C=O) groups excluding carboxylic acids is 1. The van der Waals surface area contributed by atoms with Crippen molar-refractivity contribution >= 4 is 28.5 Å². The second kappa shape index (κ2) is 7.29. The summed E-state index contributed by atoms with van der Waals surface area (Å²) in [5.41, 5.74) is 1.18. The number of alkyl carbamates (subject to hydrolysis) is 1. The van der Waals surface area contributed by atoms with E-state index in [4.69, 9.17) is 4.74 Å². The summed E-state index contributed by atoms with van der Waals surface area (Å²) in [4.78, 5) is 30.1. The number of fused-ring (bicyclic) bond motifs is 1. The van der Waals surface area contributed by atoms with E-state index in [-0.39, 0.29) is 12.1 Å². The topological polar surface area (TPSA) is 73.2 Å². The molecule has 0 aliphatic carbocycles. The van der Waals surface area contributed by atoms with E-state index >= 15 is 0 Å². The van der Waals surface area contributed by atoms with E-state index in [9.17, 15) is 9.59 Å². The number of hydrogen-bond acceptors (Lipinski definition) is 5. The van der Waals surface area contributed by atoms with Crippen molar-refractivity contribution in [3.05, 3.63) is 52.1 Å². The smallest absolute Gasteiger partial charge is 0.407 e. The van der Waals surface area contributed by atoms with E-state index in [0.717, 1.165) is 15.9 Å². The Labute approximate surface area is 155 Å². The van der Waals surface area contributed by atoms with Gasteiger partial charge in [-0.3, -0.25) is 4.79 Å². The Kier molecular flexibility index (Phi) is 5.08. The molecular weight excluding hydrogens is 350 g/mol. The lowest BCUT2D eigenvalue weighted by Gasteiger charge is -2.20. The largest absolute Gasteiger partial charge is 0.444 e. The number of para-hydroxylation sites is 2. The van der Waals surface area contributed by atoms with Crippen LogP contribution in [0.4, 0.5) is 4.79 Å². The van der Waals surface area contributed by atoms with Crippen LogP contribution in [0.25, 0.3) is 21.6 Å². The number of thiophene rings is 1. The van der Waals surface area contributed by atoms with Gasteiger partial charge in [-0.2, -0.15) is 0 Å². The molecule has 0 radical (unpaired) electrons. The number of carbonyl (C=O) groups is 1. The highest BCUT2D eigenvalue weighted by Gasteiger charge is 2.17. The minimum absolute atomic E-state index is 0.169. The van der Waals surface area contributed by atoms with Gasteiger partial charge in [0.1, 0.15) is 11.3 Å². The van der Waals surface area contributed by atoms with Gasteiger partial charge < -0.3 is 14.6 Å². The fourth-order valence-electron chi connectivity index (χ4n) is 2.57. The molecule has 1 amide bonds. The lowest BCUT2D eigenvalue weighted by atomic mass is 10.2. The molecule has 6 nitrogen and oxygen atoms in total. The highest BCUT2D eigenvalue weighted by atomic mass is 32.1. The number of ether oxygens (including phenoxy) is 1. The van der Waals surface area contributed by atoms with Crippen LogP contribution in [0, 0.1) is 0 Å². The fraction of sp³-hybridized carbons (Fsp3) is 0.316. The lowest BCUT2D eigenvalue weighted by molar-refractivity contribution is 0.0526. The number of nitrogens with zero attached hydrogens (tertiary/aromatic N) is 2. The summed E-state index contributed by atoms with van der Waals surface area (Å²) in [7, 11) is 0. The number of rotatable bonds is 4. The molecule has 136 valence electrons. The zero-order valence-corrected chi connectivity index (χ0v) is 15.8. The third-order valence-corrected chi connectivity index (χ3v) is 4.49. The van der Waals surface area contributed by atoms with E-state index in [1.54, 1.807) is 25.3 Å². The van der Waals surface area contributed by atoms with Crippen molar-refractivity contribution in [2.75, 3.05) is 6.54 Å². The van der Waals surface area contributed by atoms with E-state index in [0.29, 0.717) is 12.2 Å². The molecule has 0 saturated carbocycles. The van der Waals surface area contributed by atoms with Gasteiger partial charge >= 0.3 is 6.09 Å². The van der Waals surface area contributed by atoms with Crippen LogP contribution in [-0.4, -0.2) is 27.8 Å². The molecule has 0 atom stereocenters. The predicted octanol–water partition coefficient (Wildman–Crippen LogP) is 3.65. The monoisotopic (exact) mass is 371 g/mol. The Morgan fingerprint density at radius 1 is 1.23 bits per heavy atom. The average Bonchev–Trinajstić information content (AvgIpc) is 3.09. The summed E-state index contributed by atoms with van der Waals surface area (Å²) in [6.45, 7) is 6.04. The number of nitrogens with one attached hydrogen (secondary N) is 1. The van der Waals surface area contributed by atoms with Gasteiger partial charge in [0.15, 0.2) is 0 Å². The minimum Gasteiger partial charge on any atom is -0.444 e. The zero-order chi connectivity index (χ0) is 18.7. The molecule has 3 aromatic rings. The Bertz CT molecular complexity index is 972. The zero-order valence-electron chi connectivity index (χ0n) is 15.0. The molecule has 0 fully saturated rings. The molecule has 0 spiro atoms. The first-order chi connectivity index (χ1) is 12.3. The van der Waals surface area contributed by atoms with Crippen molar-refractivity contribution < 1.29 is 9.53 Å². The highest BCUT2D eigenvalue weighted by Crippen LogP contribution is 2.22. The molecule has 1 N–H and O–H groups in total. The maximum atomic E-state index is 12.9. The fourth-order valence-corrected chi connectivity index (χ4v) is 3.28. The maximum Gasteiger partial charge on any atom is 0.407 e. The van der Waals surface area contributed by atoms with Gasteiger partial charge in [0, 0.05) is 13.1 Å². The van der Waals surface area contributed by atoms with Crippen LogP contribution >= 0.6 is 11.3 Å². The number of amides is 1. The van der Waals surface area contributed by atoms with Crippen LogP contribution in [0.15, 0.2) is 46.6 Å². The Morgan fingerprint density at radius 2 is 2.00 bits per heavy atom. The second-order valence-electron chi connectivity index (χ2n) is 6.81. The molecule has 7 heteroatoms. The first-order valence-electron chi connectivity index (χ1n) is 8.35. The van der Waals surface area contributed by atoms with Crippen molar-refractivity contribution in [2.45, 2.75) is 32.9 Å². The van der Waals surface area contributed by atoms with E-state index in [1.165, 1.54) is 11.3 Å². The van der Waals surface area contributed by atoms with Gasteiger partial charge in [-0.25, -0.2) is 9.78 Å². The summed E-state index contributed by atoms with van der Waals surface area (Å²) in [6, 6.07) is 11.3. The van der Waals surface area contributed by atoms with Crippen LogP contribution in [0.3, 0.4) is 0 Å². The summed E-state index contributed by atoms with van der Waals surface area (Å²) in [6.07, 6.45) is -0.498. The summed E-state index contributed by atoms with van der Waals surface area (Å²) in [5, 5.41) is 4.61. The molecule has 0 aliphatic rings. The Morgan fingerprint density at radius 3 is 2.69 bits per heavy atom. The first kappa shape index (κ1) is 18.1. The quantitative estimate of drug-likeness (QED) is 0.760. The van der Waals surface area contributed by atoms with Gasteiger partial charge in [0.2, 0.25) is 0 Å². The Hall–Kier alpha value is -2.67. The van der Waals surface area contributed by atoms with Crippen molar-refractivity contribution in [1.82, 2.24) is 14.9 Å². The average molecular weight is 371 g/mol. The third kappa shape index (κ3) is 4.11. The van der Waals surface area contributed by atoms with Crippen molar-refractivity contribution in [3.8, 4) is 10.6 Å². The summed E-state index contributed by atoms with van der Waals surface area (Å²) >= 11 is 1.48. The van der Waals surface area contributed by atoms with E-state index < -0.39 is 11.7 Å².